The first-order chi connectivity index (χ1) is 4.81. The van der Waals surface area contributed by atoms with Gasteiger partial charge in [-0.3, -0.25) is 0 Å². The Morgan fingerprint density at radius 1 is 1.50 bits per heavy atom. The fourth-order valence-electron chi connectivity index (χ4n) is 0.701. The van der Waals surface area contributed by atoms with Gasteiger partial charge in [-0.05, 0) is 26.4 Å². The van der Waals surface area contributed by atoms with Gasteiger partial charge in [0.1, 0.15) is 0 Å². The lowest BCUT2D eigenvalue weighted by Gasteiger charge is -2.08. The summed E-state index contributed by atoms with van der Waals surface area (Å²) in [4.78, 5) is 0. The Morgan fingerprint density at radius 3 is 2.30 bits per heavy atom. The zero-order chi connectivity index (χ0) is 8.41. The molecule has 1 atom stereocenters. The van der Waals surface area contributed by atoms with Crippen LogP contribution in [0.1, 0.15) is 20.3 Å². The second-order valence-corrected chi connectivity index (χ2v) is 2.04. The maximum absolute atomic E-state index is 5.32. The number of hydrogen-bond acceptors (Lipinski definition) is 2. The Labute approximate surface area is 87.0 Å². The predicted octanol–water partition coefficient (Wildman–Crippen LogP) is 2.10. The van der Waals surface area contributed by atoms with E-state index in [1.165, 1.54) is 0 Å². The largest absolute Gasteiger partial charge is 0.330 e. The predicted molar refractivity (Wildman–Crippen MR) is 64.9 cm³/mol. The van der Waals surface area contributed by atoms with E-state index >= 15 is 0 Å². The van der Waals surface area contributed by atoms with Crippen LogP contribution in [-0.4, -0.2) is 19.1 Å². The van der Waals surface area contributed by atoms with Crippen molar-refractivity contribution in [1.29, 1.82) is 0 Å². The van der Waals surface area contributed by atoms with Crippen molar-refractivity contribution < 1.29 is 0 Å². The summed E-state index contributed by atoms with van der Waals surface area (Å²) in [5.41, 5.74) is 5.32. The third kappa shape index (κ3) is 12.1. The monoisotopic (exact) mass is 370 g/mol. The zero-order valence-electron chi connectivity index (χ0n) is 6.53. The lowest BCUT2D eigenvalue weighted by Crippen LogP contribution is -2.27. The first kappa shape index (κ1) is 13.9. The Morgan fingerprint density at radius 2 is 2.00 bits per heavy atom. The topological polar surface area (TPSA) is 38.0 Å². The molecule has 0 amide bonds. The highest BCUT2D eigenvalue weighted by molar-refractivity contribution is 15.0. The molecule has 0 spiro atoms. The van der Waals surface area contributed by atoms with Crippen molar-refractivity contribution in [3.63, 3.8) is 0 Å². The molecule has 0 bridgehead atoms. The summed E-state index contributed by atoms with van der Waals surface area (Å²) in [5, 5.41) is 3.27. The van der Waals surface area contributed by atoms with Crippen LogP contribution in [0.5, 0.6) is 0 Å². The van der Waals surface area contributed by atoms with Gasteiger partial charge < -0.3 is 11.1 Å². The lowest BCUT2D eigenvalue weighted by atomic mass is 10.2. The fraction of sp³-hybridized carbons (Fsp3) is 1.00. The van der Waals surface area contributed by atoms with E-state index in [2.05, 4.69) is 56.4 Å². The molecule has 4 heteroatoms. The third-order valence-electron chi connectivity index (χ3n) is 1.15. The van der Waals surface area contributed by atoms with Crippen LogP contribution in [0.4, 0.5) is 0 Å². The molecule has 0 aliphatic heterocycles. The van der Waals surface area contributed by atoms with E-state index in [4.69, 9.17) is 5.73 Å². The number of hydrogen-bond donors (Lipinski definition) is 2. The van der Waals surface area contributed by atoms with Gasteiger partial charge in [0, 0.05) is 43.3 Å². The molecule has 0 saturated carbocycles. The van der Waals surface area contributed by atoms with Gasteiger partial charge >= 0.3 is 0 Å². The summed E-state index contributed by atoms with van der Waals surface area (Å²) < 4.78 is 0. The van der Waals surface area contributed by atoms with Crippen LogP contribution in [-0.2, 0) is 0 Å². The van der Waals surface area contributed by atoms with Gasteiger partial charge in [-0.2, -0.15) is 0 Å². The van der Waals surface area contributed by atoms with Crippen molar-refractivity contribution >= 4 is 37.2 Å². The molecule has 0 heterocycles. The Hall–Kier alpha value is 1.38. The Bertz CT molecular complexity index is 47.0. The minimum Gasteiger partial charge on any atom is -0.330 e. The second kappa shape index (κ2) is 13.0. The molecule has 64 valence electrons. The SMILES string of the molecule is CCNC(C)CCN.II. The molecule has 10 heavy (non-hydrogen) atoms. The highest BCUT2D eigenvalue weighted by Gasteiger charge is 1.94. The molecule has 0 fully saturated rings. The van der Waals surface area contributed by atoms with E-state index in [0.29, 0.717) is 6.04 Å². The van der Waals surface area contributed by atoms with Crippen LogP contribution in [0.2, 0.25) is 0 Å². The summed E-state index contributed by atoms with van der Waals surface area (Å²) in [6.07, 6.45) is 1.08. The normalized spacial score (nSPS) is 11.7. The number of nitrogens with one attached hydrogen (secondary N) is 1. The van der Waals surface area contributed by atoms with Crippen LogP contribution >= 0.6 is 37.2 Å². The second-order valence-electron chi connectivity index (χ2n) is 2.04. The van der Waals surface area contributed by atoms with Crippen molar-refractivity contribution in [2.24, 2.45) is 5.73 Å². The summed E-state index contributed by atoms with van der Waals surface area (Å²) in [7, 11) is 0. The van der Waals surface area contributed by atoms with Gasteiger partial charge in [-0.1, -0.05) is 6.92 Å². The molecule has 3 N–H and O–H groups in total. The average Bonchev–Trinajstić information content (AvgIpc) is 1.93. The average molecular weight is 370 g/mol. The van der Waals surface area contributed by atoms with E-state index in [1.54, 1.807) is 0 Å². The summed E-state index contributed by atoms with van der Waals surface area (Å²) >= 11 is 4.24. The summed E-state index contributed by atoms with van der Waals surface area (Å²) in [6, 6.07) is 0.588. The molecule has 0 saturated heterocycles. The lowest BCUT2D eigenvalue weighted by molar-refractivity contribution is 0.537. The Kier molecular flexibility index (Phi) is 18.1. The van der Waals surface area contributed by atoms with E-state index in [0.717, 1.165) is 19.5 Å². The third-order valence-corrected chi connectivity index (χ3v) is 1.15. The molecular formula is C6H16I2N2. The van der Waals surface area contributed by atoms with Gasteiger partial charge in [-0.25, -0.2) is 0 Å². The molecule has 0 aliphatic carbocycles. The van der Waals surface area contributed by atoms with Crippen LogP contribution in [0, 0.1) is 0 Å². The minimum atomic E-state index is 0.588. The summed E-state index contributed by atoms with van der Waals surface area (Å²) in [6.45, 7) is 6.08. The highest BCUT2D eigenvalue weighted by Crippen LogP contribution is 1.89. The van der Waals surface area contributed by atoms with Crippen molar-refractivity contribution in [3.8, 4) is 0 Å². The standard InChI is InChI=1S/C6H16N2.I2/c1-3-8-6(2)4-5-7;1-2/h6,8H,3-5,7H2,1-2H3;. The molecule has 0 aromatic rings. The van der Waals surface area contributed by atoms with Crippen molar-refractivity contribution in [2.45, 2.75) is 26.3 Å². The molecular weight excluding hydrogens is 354 g/mol. The Balaban J connectivity index is 0. The zero-order valence-corrected chi connectivity index (χ0v) is 10.8. The van der Waals surface area contributed by atoms with Gasteiger partial charge in [0.2, 0.25) is 0 Å². The molecule has 0 radical (unpaired) electrons. The van der Waals surface area contributed by atoms with Crippen LogP contribution in [0.25, 0.3) is 0 Å². The first-order valence-electron chi connectivity index (χ1n) is 3.39. The molecule has 0 aromatic carbocycles. The van der Waals surface area contributed by atoms with Gasteiger partial charge in [0.15, 0.2) is 0 Å². The molecule has 1 unspecified atom stereocenters. The number of halogens is 2. The molecule has 0 aliphatic rings. The maximum Gasteiger partial charge on any atom is 0.00506 e. The van der Waals surface area contributed by atoms with Crippen molar-refractivity contribution in [3.05, 3.63) is 0 Å². The van der Waals surface area contributed by atoms with Crippen molar-refractivity contribution in [1.82, 2.24) is 5.32 Å². The number of nitrogens with two attached hydrogens (primary N) is 1. The van der Waals surface area contributed by atoms with E-state index in [-0.39, 0.29) is 0 Å². The van der Waals surface area contributed by atoms with E-state index < -0.39 is 0 Å². The number of rotatable bonds is 4. The van der Waals surface area contributed by atoms with Gasteiger partial charge in [0.25, 0.3) is 0 Å². The smallest absolute Gasteiger partial charge is 0.00506 e. The summed E-state index contributed by atoms with van der Waals surface area (Å²) in [5.74, 6) is 0. The molecule has 0 aromatic heterocycles. The van der Waals surface area contributed by atoms with Gasteiger partial charge in [-0.15, -0.1) is 0 Å². The molecule has 2 nitrogen and oxygen atoms in total. The van der Waals surface area contributed by atoms with Crippen molar-refractivity contribution in [2.75, 3.05) is 13.1 Å². The minimum absolute atomic E-state index is 0.588. The van der Waals surface area contributed by atoms with Crippen LogP contribution in [0.15, 0.2) is 0 Å². The molecule has 0 rings (SSSR count). The quantitative estimate of drug-likeness (QED) is 0.745. The van der Waals surface area contributed by atoms with E-state index in [9.17, 15) is 0 Å². The van der Waals surface area contributed by atoms with Crippen LogP contribution < -0.4 is 11.1 Å². The van der Waals surface area contributed by atoms with E-state index in [1.807, 2.05) is 0 Å². The maximum atomic E-state index is 5.32. The fourth-order valence-corrected chi connectivity index (χ4v) is 0.701. The first-order valence-corrected chi connectivity index (χ1v) is 9.67. The highest BCUT2D eigenvalue weighted by atomic mass is 128. The van der Waals surface area contributed by atoms with Crippen LogP contribution in [0.3, 0.4) is 0 Å². The van der Waals surface area contributed by atoms with Gasteiger partial charge in [0.05, 0.1) is 0 Å².